The summed E-state index contributed by atoms with van der Waals surface area (Å²) in [5, 5.41) is 0. The van der Waals surface area contributed by atoms with Gasteiger partial charge in [0.1, 0.15) is 6.04 Å². The molecule has 0 heterocycles. The lowest BCUT2D eigenvalue weighted by atomic mass is 9.94. The SMILES string of the molecule is CCOC(=O)C(N)CCSCCC(C)(C)C. The van der Waals surface area contributed by atoms with Gasteiger partial charge in [0.2, 0.25) is 0 Å². The molecule has 0 bridgehead atoms. The van der Waals surface area contributed by atoms with Crippen molar-refractivity contribution in [3.8, 4) is 0 Å². The molecule has 3 nitrogen and oxygen atoms in total. The Labute approximate surface area is 103 Å². The zero-order valence-electron chi connectivity index (χ0n) is 10.9. The summed E-state index contributed by atoms with van der Waals surface area (Å²) in [5.74, 6) is 1.77. The molecule has 4 heteroatoms. The first-order chi connectivity index (χ1) is 7.37. The first kappa shape index (κ1) is 15.8. The smallest absolute Gasteiger partial charge is 0.322 e. The fourth-order valence-corrected chi connectivity index (χ4v) is 2.44. The maximum Gasteiger partial charge on any atom is 0.322 e. The van der Waals surface area contributed by atoms with Gasteiger partial charge in [-0.15, -0.1) is 0 Å². The van der Waals surface area contributed by atoms with E-state index in [-0.39, 0.29) is 5.97 Å². The second-order valence-corrected chi connectivity index (χ2v) is 6.29. The van der Waals surface area contributed by atoms with E-state index < -0.39 is 6.04 Å². The van der Waals surface area contributed by atoms with Gasteiger partial charge in [0, 0.05) is 0 Å². The quantitative estimate of drug-likeness (QED) is 0.554. The number of nitrogens with two attached hydrogens (primary N) is 1. The number of hydrogen-bond donors (Lipinski definition) is 1. The summed E-state index contributed by atoms with van der Waals surface area (Å²) in [6, 6.07) is -0.456. The van der Waals surface area contributed by atoms with Crippen LogP contribution in [-0.4, -0.2) is 30.1 Å². The molecule has 96 valence electrons. The summed E-state index contributed by atoms with van der Waals surface area (Å²) >= 11 is 1.86. The average Bonchev–Trinajstić information content (AvgIpc) is 2.15. The van der Waals surface area contributed by atoms with Crippen LogP contribution in [0.4, 0.5) is 0 Å². The van der Waals surface area contributed by atoms with Crippen molar-refractivity contribution < 1.29 is 9.53 Å². The maximum atomic E-state index is 11.2. The van der Waals surface area contributed by atoms with E-state index in [1.165, 1.54) is 6.42 Å². The van der Waals surface area contributed by atoms with E-state index in [1.807, 2.05) is 11.8 Å². The fourth-order valence-electron chi connectivity index (χ4n) is 1.06. The molecule has 2 N–H and O–H groups in total. The summed E-state index contributed by atoms with van der Waals surface area (Å²) in [7, 11) is 0. The van der Waals surface area contributed by atoms with E-state index in [9.17, 15) is 4.79 Å². The molecule has 0 rings (SSSR count). The van der Waals surface area contributed by atoms with Crippen LogP contribution in [0.5, 0.6) is 0 Å². The van der Waals surface area contributed by atoms with Gasteiger partial charge in [0.15, 0.2) is 0 Å². The number of ether oxygens (including phenoxy) is 1. The Hall–Kier alpha value is -0.220. The van der Waals surface area contributed by atoms with Crippen LogP contribution in [-0.2, 0) is 9.53 Å². The lowest BCUT2D eigenvalue weighted by Gasteiger charge is -2.17. The van der Waals surface area contributed by atoms with Crippen molar-refractivity contribution in [1.82, 2.24) is 0 Å². The van der Waals surface area contributed by atoms with E-state index in [2.05, 4.69) is 20.8 Å². The van der Waals surface area contributed by atoms with Crippen LogP contribution in [0.2, 0.25) is 0 Å². The van der Waals surface area contributed by atoms with Gasteiger partial charge in [-0.3, -0.25) is 4.79 Å². The van der Waals surface area contributed by atoms with Crippen LogP contribution in [0.1, 0.15) is 40.5 Å². The Morgan fingerprint density at radius 3 is 2.50 bits per heavy atom. The third kappa shape index (κ3) is 9.04. The molecule has 0 saturated carbocycles. The molecule has 0 spiro atoms. The highest BCUT2D eigenvalue weighted by atomic mass is 32.2. The molecule has 0 amide bonds. The van der Waals surface area contributed by atoms with Crippen molar-refractivity contribution in [3.05, 3.63) is 0 Å². The van der Waals surface area contributed by atoms with Crippen molar-refractivity contribution in [3.63, 3.8) is 0 Å². The van der Waals surface area contributed by atoms with Crippen molar-refractivity contribution in [1.29, 1.82) is 0 Å². The van der Waals surface area contributed by atoms with Gasteiger partial charge in [-0.1, -0.05) is 20.8 Å². The molecule has 0 aliphatic carbocycles. The second kappa shape index (κ2) is 7.96. The molecule has 1 atom stereocenters. The molecule has 0 radical (unpaired) electrons. The third-order valence-corrected chi connectivity index (χ3v) is 3.18. The van der Waals surface area contributed by atoms with Crippen molar-refractivity contribution in [2.75, 3.05) is 18.1 Å². The summed E-state index contributed by atoms with van der Waals surface area (Å²) in [5.41, 5.74) is 6.07. The van der Waals surface area contributed by atoms with Crippen LogP contribution < -0.4 is 5.73 Å². The van der Waals surface area contributed by atoms with E-state index in [0.29, 0.717) is 18.4 Å². The second-order valence-electron chi connectivity index (χ2n) is 5.07. The normalized spacial score (nSPS) is 13.6. The number of carbonyl (C=O) groups excluding carboxylic acids is 1. The molecule has 0 aromatic heterocycles. The highest BCUT2D eigenvalue weighted by molar-refractivity contribution is 7.99. The molecule has 0 aliphatic rings. The van der Waals surface area contributed by atoms with Crippen LogP contribution in [0.15, 0.2) is 0 Å². The molecular formula is C12H25NO2S. The lowest BCUT2D eigenvalue weighted by Crippen LogP contribution is -2.32. The Bertz CT molecular complexity index is 202. The topological polar surface area (TPSA) is 52.3 Å². The van der Waals surface area contributed by atoms with Crippen LogP contribution in [0.25, 0.3) is 0 Å². The highest BCUT2D eigenvalue weighted by Crippen LogP contribution is 2.21. The highest BCUT2D eigenvalue weighted by Gasteiger charge is 2.14. The van der Waals surface area contributed by atoms with Crippen molar-refractivity contribution in [2.45, 2.75) is 46.6 Å². The minimum atomic E-state index is -0.456. The molecule has 0 fully saturated rings. The summed E-state index contributed by atoms with van der Waals surface area (Å²) in [6.45, 7) is 8.90. The van der Waals surface area contributed by atoms with E-state index in [0.717, 1.165) is 11.5 Å². The summed E-state index contributed by atoms with van der Waals surface area (Å²) in [4.78, 5) is 11.2. The lowest BCUT2D eigenvalue weighted by molar-refractivity contribution is -0.144. The third-order valence-electron chi connectivity index (χ3n) is 2.16. The Morgan fingerprint density at radius 1 is 1.38 bits per heavy atom. The van der Waals surface area contributed by atoms with Gasteiger partial charge >= 0.3 is 5.97 Å². The minimum absolute atomic E-state index is 0.279. The average molecular weight is 247 g/mol. The molecule has 1 unspecified atom stereocenters. The van der Waals surface area contributed by atoms with Gasteiger partial charge in [0.25, 0.3) is 0 Å². The zero-order valence-corrected chi connectivity index (χ0v) is 11.7. The van der Waals surface area contributed by atoms with Gasteiger partial charge < -0.3 is 10.5 Å². The van der Waals surface area contributed by atoms with Crippen LogP contribution >= 0.6 is 11.8 Å². The summed E-state index contributed by atoms with van der Waals surface area (Å²) in [6.07, 6.45) is 1.89. The predicted molar refractivity (Wildman–Crippen MR) is 70.6 cm³/mol. The zero-order chi connectivity index (χ0) is 12.6. The number of esters is 1. The molecule has 16 heavy (non-hydrogen) atoms. The monoisotopic (exact) mass is 247 g/mol. The predicted octanol–water partition coefficient (Wildman–Crippen LogP) is 2.44. The van der Waals surface area contributed by atoms with Crippen LogP contribution in [0.3, 0.4) is 0 Å². The van der Waals surface area contributed by atoms with E-state index in [4.69, 9.17) is 10.5 Å². The Balaban J connectivity index is 3.48. The first-order valence-electron chi connectivity index (χ1n) is 5.87. The number of thioether (sulfide) groups is 1. The van der Waals surface area contributed by atoms with Gasteiger partial charge in [-0.05, 0) is 36.7 Å². The first-order valence-corrected chi connectivity index (χ1v) is 7.02. The molecular weight excluding hydrogens is 222 g/mol. The number of hydrogen-bond acceptors (Lipinski definition) is 4. The molecule has 0 aliphatic heterocycles. The molecule has 0 saturated heterocycles. The van der Waals surface area contributed by atoms with E-state index >= 15 is 0 Å². The van der Waals surface area contributed by atoms with Gasteiger partial charge in [-0.2, -0.15) is 11.8 Å². The maximum absolute atomic E-state index is 11.2. The van der Waals surface area contributed by atoms with Crippen molar-refractivity contribution in [2.24, 2.45) is 11.1 Å². The largest absolute Gasteiger partial charge is 0.465 e. The minimum Gasteiger partial charge on any atom is -0.465 e. The summed E-state index contributed by atoms with van der Waals surface area (Å²) < 4.78 is 4.84. The van der Waals surface area contributed by atoms with Gasteiger partial charge in [0.05, 0.1) is 6.61 Å². The Morgan fingerprint density at radius 2 is 2.00 bits per heavy atom. The number of carbonyl (C=O) groups is 1. The molecule has 0 aromatic rings. The van der Waals surface area contributed by atoms with Gasteiger partial charge in [-0.25, -0.2) is 0 Å². The van der Waals surface area contributed by atoms with Crippen LogP contribution in [0, 0.1) is 5.41 Å². The standard InChI is InChI=1S/C12H25NO2S/c1-5-15-11(14)10(13)6-8-16-9-7-12(2,3)4/h10H,5-9,13H2,1-4H3. The fraction of sp³-hybridized carbons (Fsp3) is 0.917. The Kier molecular flexibility index (Phi) is 7.85. The van der Waals surface area contributed by atoms with E-state index in [1.54, 1.807) is 6.92 Å². The number of rotatable bonds is 7. The molecule has 0 aromatic carbocycles. The van der Waals surface area contributed by atoms with Crippen molar-refractivity contribution >= 4 is 17.7 Å².